The van der Waals surface area contributed by atoms with Gasteiger partial charge in [0.1, 0.15) is 0 Å². The van der Waals surface area contributed by atoms with E-state index in [9.17, 15) is 8.42 Å². The van der Waals surface area contributed by atoms with Crippen molar-refractivity contribution in [2.45, 2.75) is 37.5 Å². The van der Waals surface area contributed by atoms with Gasteiger partial charge in [-0.1, -0.05) is 36.8 Å². The van der Waals surface area contributed by atoms with Crippen molar-refractivity contribution in [3.8, 4) is 22.3 Å². The van der Waals surface area contributed by atoms with Crippen LogP contribution in [0.1, 0.15) is 30.4 Å². The van der Waals surface area contributed by atoms with E-state index in [4.69, 9.17) is 0 Å². The van der Waals surface area contributed by atoms with Gasteiger partial charge in [-0.15, -0.1) is 0 Å². The number of aromatic nitrogens is 3. The molecule has 0 radical (unpaired) electrons. The van der Waals surface area contributed by atoms with Gasteiger partial charge in [0.05, 0.1) is 11.1 Å². The minimum absolute atomic E-state index is 0.304. The van der Waals surface area contributed by atoms with E-state index in [0.29, 0.717) is 10.5 Å². The Kier molecular flexibility index (Phi) is 6.23. The molecule has 4 aromatic rings. The molecule has 1 aliphatic heterocycles. The molecular formula is C27H30N4O2S. The normalized spacial score (nSPS) is 15.1. The molecule has 34 heavy (non-hydrogen) atoms. The predicted octanol–water partition coefficient (Wildman–Crippen LogP) is 4.80. The van der Waals surface area contributed by atoms with E-state index < -0.39 is 9.84 Å². The fourth-order valence-corrected chi connectivity index (χ4v) is 5.42. The smallest absolute Gasteiger partial charge is 0.175 e. The molecule has 5 rings (SSSR count). The molecule has 0 aliphatic carbocycles. The van der Waals surface area contributed by atoms with Gasteiger partial charge >= 0.3 is 0 Å². The largest absolute Gasteiger partial charge is 0.303 e. The molecule has 1 saturated heterocycles. The summed E-state index contributed by atoms with van der Waals surface area (Å²) in [5.74, 6) is 0. The van der Waals surface area contributed by atoms with Crippen molar-refractivity contribution in [2.24, 2.45) is 0 Å². The van der Waals surface area contributed by atoms with E-state index in [1.54, 1.807) is 22.8 Å². The SMILES string of the molecule is Cc1cc(-c2cnn3cc(-c4ccc(CCN5CCCCC5)cc4)cnc23)cc(S(C)(=O)=O)c1. The summed E-state index contributed by atoms with van der Waals surface area (Å²) in [5.41, 5.74) is 6.64. The van der Waals surface area contributed by atoms with E-state index in [1.165, 1.54) is 44.2 Å². The van der Waals surface area contributed by atoms with Crippen molar-refractivity contribution in [2.75, 3.05) is 25.9 Å². The monoisotopic (exact) mass is 474 g/mol. The van der Waals surface area contributed by atoms with E-state index >= 15 is 0 Å². The highest BCUT2D eigenvalue weighted by molar-refractivity contribution is 7.90. The Morgan fingerprint density at radius 2 is 1.68 bits per heavy atom. The molecule has 2 aromatic carbocycles. The van der Waals surface area contributed by atoms with Crippen LogP contribution in [0.5, 0.6) is 0 Å². The molecule has 1 fully saturated rings. The van der Waals surface area contributed by atoms with Crippen molar-refractivity contribution < 1.29 is 8.42 Å². The van der Waals surface area contributed by atoms with E-state index in [2.05, 4.69) is 39.2 Å². The zero-order valence-corrected chi connectivity index (χ0v) is 20.6. The lowest BCUT2D eigenvalue weighted by Crippen LogP contribution is -2.31. The summed E-state index contributed by atoms with van der Waals surface area (Å²) in [5, 5.41) is 4.50. The molecular weight excluding hydrogens is 444 g/mol. The summed E-state index contributed by atoms with van der Waals surface area (Å²) in [6.45, 7) is 5.48. The number of piperidine rings is 1. The highest BCUT2D eigenvalue weighted by Gasteiger charge is 2.14. The van der Waals surface area contributed by atoms with Crippen LogP contribution >= 0.6 is 0 Å². The number of sulfone groups is 1. The van der Waals surface area contributed by atoms with Gasteiger partial charge in [0.15, 0.2) is 15.5 Å². The van der Waals surface area contributed by atoms with E-state index in [1.807, 2.05) is 25.4 Å². The van der Waals surface area contributed by atoms with Crippen LogP contribution in [0.3, 0.4) is 0 Å². The second kappa shape index (κ2) is 9.31. The molecule has 3 heterocycles. The van der Waals surface area contributed by atoms with Crippen LogP contribution in [0, 0.1) is 6.92 Å². The average Bonchev–Trinajstić information content (AvgIpc) is 3.26. The van der Waals surface area contributed by atoms with Gasteiger partial charge in [-0.2, -0.15) is 5.10 Å². The Morgan fingerprint density at radius 3 is 2.41 bits per heavy atom. The highest BCUT2D eigenvalue weighted by Crippen LogP contribution is 2.28. The van der Waals surface area contributed by atoms with Crippen LogP contribution in [0.4, 0.5) is 0 Å². The molecule has 0 amide bonds. The van der Waals surface area contributed by atoms with Gasteiger partial charge in [-0.3, -0.25) is 0 Å². The van der Waals surface area contributed by atoms with Crippen LogP contribution < -0.4 is 0 Å². The number of hydrogen-bond acceptors (Lipinski definition) is 5. The highest BCUT2D eigenvalue weighted by atomic mass is 32.2. The van der Waals surface area contributed by atoms with Gasteiger partial charge in [0.2, 0.25) is 0 Å². The van der Waals surface area contributed by atoms with Gasteiger partial charge in [-0.25, -0.2) is 17.9 Å². The second-order valence-corrected chi connectivity index (χ2v) is 11.3. The fraction of sp³-hybridized carbons (Fsp3) is 0.333. The molecule has 1 aliphatic rings. The maximum atomic E-state index is 12.1. The standard InChI is InChI=1S/C27H30N4O2S/c1-20-14-23(16-25(15-20)34(2,32)33)26-18-29-31-19-24(17-28-27(26)31)22-8-6-21(7-9-22)10-13-30-11-4-3-5-12-30/h6-9,14-19H,3-5,10-13H2,1-2H3. The molecule has 0 atom stereocenters. The molecule has 0 N–H and O–H groups in total. The lowest BCUT2D eigenvalue weighted by molar-refractivity contribution is 0.231. The van der Waals surface area contributed by atoms with E-state index in [0.717, 1.165) is 40.8 Å². The topological polar surface area (TPSA) is 67.6 Å². The third-order valence-electron chi connectivity index (χ3n) is 6.60. The molecule has 6 nitrogen and oxygen atoms in total. The number of benzene rings is 2. The number of fused-ring (bicyclic) bond motifs is 1. The Hall–Kier alpha value is -3.03. The maximum absolute atomic E-state index is 12.1. The number of nitrogens with zero attached hydrogens (tertiary/aromatic N) is 4. The first-order valence-corrected chi connectivity index (χ1v) is 13.7. The summed E-state index contributed by atoms with van der Waals surface area (Å²) < 4.78 is 25.9. The first kappa shape index (κ1) is 22.7. The number of hydrogen-bond donors (Lipinski definition) is 0. The Bertz CT molecular complexity index is 1420. The lowest BCUT2D eigenvalue weighted by Gasteiger charge is -2.26. The van der Waals surface area contributed by atoms with Gasteiger partial charge in [0.25, 0.3) is 0 Å². The van der Waals surface area contributed by atoms with Crippen molar-refractivity contribution in [3.05, 3.63) is 72.2 Å². The predicted molar refractivity (Wildman–Crippen MR) is 136 cm³/mol. The third-order valence-corrected chi connectivity index (χ3v) is 7.69. The third kappa shape index (κ3) is 4.91. The van der Waals surface area contributed by atoms with E-state index in [-0.39, 0.29) is 0 Å². The van der Waals surface area contributed by atoms with Crippen LogP contribution in [-0.2, 0) is 16.3 Å². The minimum atomic E-state index is -3.30. The molecule has 0 saturated carbocycles. The maximum Gasteiger partial charge on any atom is 0.175 e. The molecule has 176 valence electrons. The quantitative estimate of drug-likeness (QED) is 0.401. The summed E-state index contributed by atoms with van der Waals surface area (Å²) in [7, 11) is -3.30. The van der Waals surface area contributed by atoms with Crippen molar-refractivity contribution in [1.82, 2.24) is 19.5 Å². The molecule has 0 bridgehead atoms. The van der Waals surface area contributed by atoms with Gasteiger partial charge < -0.3 is 4.90 Å². The minimum Gasteiger partial charge on any atom is -0.303 e. The summed E-state index contributed by atoms with van der Waals surface area (Å²) in [4.78, 5) is 7.55. The number of aryl methyl sites for hydroxylation is 1. The van der Waals surface area contributed by atoms with Crippen LogP contribution in [0.2, 0.25) is 0 Å². The average molecular weight is 475 g/mol. The van der Waals surface area contributed by atoms with Crippen LogP contribution in [-0.4, -0.2) is 53.8 Å². The zero-order chi connectivity index (χ0) is 23.7. The fourth-order valence-electron chi connectivity index (χ4n) is 4.68. The zero-order valence-electron chi connectivity index (χ0n) is 19.7. The molecule has 0 unspecified atom stereocenters. The Balaban J connectivity index is 1.37. The lowest BCUT2D eigenvalue weighted by atomic mass is 10.0. The first-order valence-electron chi connectivity index (χ1n) is 11.8. The first-order chi connectivity index (χ1) is 16.4. The molecule has 0 spiro atoms. The second-order valence-electron chi connectivity index (χ2n) is 9.33. The van der Waals surface area contributed by atoms with Crippen LogP contribution in [0.25, 0.3) is 27.9 Å². The van der Waals surface area contributed by atoms with Gasteiger partial charge in [0, 0.05) is 36.3 Å². The van der Waals surface area contributed by atoms with Crippen LogP contribution in [0.15, 0.2) is 66.0 Å². The van der Waals surface area contributed by atoms with Crippen molar-refractivity contribution in [3.63, 3.8) is 0 Å². The number of rotatable bonds is 6. The summed E-state index contributed by atoms with van der Waals surface area (Å²) in [6.07, 6.45) is 11.9. The molecule has 7 heteroatoms. The van der Waals surface area contributed by atoms with Crippen molar-refractivity contribution >= 4 is 15.5 Å². The number of likely N-dealkylation sites (tertiary alicyclic amines) is 1. The van der Waals surface area contributed by atoms with Gasteiger partial charge in [-0.05, 0) is 73.7 Å². The Morgan fingerprint density at radius 1 is 0.912 bits per heavy atom. The summed E-state index contributed by atoms with van der Waals surface area (Å²) in [6, 6.07) is 14.1. The molecule has 2 aromatic heterocycles. The Labute approximate surface area is 201 Å². The van der Waals surface area contributed by atoms with Crippen molar-refractivity contribution in [1.29, 1.82) is 0 Å². The summed E-state index contributed by atoms with van der Waals surface area (Å²) >= 11 is 0.